The van der Waals surface area contributed by atoms with Crippen molar-refractivity contribution < 1.29 is 27.4 Å². The molecular formula is C21H20F3N3O3S. The van der Waals surface area contributed by atoms with Crippen molar-refractivity contribution >= 4 is 32.6 Å². The van der Waals surface area contributed by atoms with Crippen molar-refractivity contribution in [2.24, 2.45) is 0 Å². The highest BCUT2D eigenvalue weighted by Crippen LogP contribution is 2.33. The largest absolute Gasteiger partial charge is 0.573 e. The van der Waals surface area contributed by atoms with Crippen LogP contribution in [0, 0.1) is 6.92 Å². The van der Waals surface area contributed by atoms with Crippen LogP contribution in [-0.2, 0) is 4.79 Å². The molecule has 4 rings (SSSR count). The Morgan fingerprint density at radius 1 is 1.13 bits per heavy atom. The van der Waals surface area contributed by atoms with E-state index in [9.17, 15) is 18.0 Å². The lowest BCUT2D eigenvalue weighted by Crippen LogP contribution is -2.50. The van der Waals surface area contributed by atoms with Gasteiger partial charge in [0.05, 0.1) is 10.2 Å². The Hall–Kier alpha value is -3.01. The fraction of sp³-hybridized carbons (Fsp3) is 0.333. The molecule has 6 nitrogen and oxygen atoms in total. The summed E-state index contributed by atoms with van der Waals surface area (Å²) in [5.41, 5.74) is 1.58. The van der Waals surface area contributed by atoms with E-state index in [0.29, 0.717) is 47.3 Å². The topological polar surface area (TPSA) is 54.9 Å². The maximum atomic E-state index is 12.5. The third kappa shape index (κ3) is 5.19. The van der Waals surface area contributed by atoms with Gasteiger partial charge >= 0.3 is 6.36 Å². The second-order valence-electron chi connectivity index (χ2n) is 7.10. The van der Waals surface area contributed by atoms with Gasteiger partial charge in [0.15, 0.2) is 11.7 Å². The normalized spacial score (nSPS) is 14.7. The summed E-state index contributed by atoms with van der Waals surface area (Å²) < 4.78 is 47.5. The average molecular weight is 451 g/mol. The molecule has 0 saturated carbocycles. The zero-order chi connectivity index (χ0) is 22.0. The number of para-hydroxylation sites is 1. The van der Waals surface area contributed by atoms with Gasteiger partial charge in [0, 0.05) is 32.2 Å². The van der Waals surface area contributed by atoms with Crippen molar-refractivity contribution in [3.05, 3.63) is 48.0 Å². The van der Waals surface area contributed by atoms with Crippen molar-refractivity contribution in [3.63, 3.8) is 0 Å². The Morgan fingerprint density at radius 2 is 1.87 bits per heavy atom. The van der Waals surface area contributed by atoms with Gasteiger partial charge in [0.2, 0.25) is 0 Å². The van der Waals surface area contributed by atoms with Crippen LogP contribution in [0.1, 0.15) is 5.56 Å². The summed E-state index contributed by atoms with van der Waals surface area (Å²) in [4.78, 5) is 20.8. The number of piperazine rings is 1. The number of carbonyl (C=O) groups excluding carboxylic acids is 1. The lowest BCUT2D eigenvalue weighted by molar-refractivity contribution is -0.274. The number of ether oxygens (including phenoxy) is 2. The highest BCUT2D eigenvalue weighted by molar-refractivity contribution is 7.22. The van der Waals surface area contributed by atoms with E-state index in [1.54, 1.807) is 4.90 Å². The lowest BCUT2D eigenvalue weighted by Gasteiger charge is -2.34. The quantitative estimate of drug-likeness (QED) is 0.581. The smallest absolute Gasteiger partial charge is 0.484 e. The van der Waals surface area contributed by atoms with Crippen LogP contribution in [0.15, 0.2) is 42.5 Å². The molecule has 0 radical (unpaired) electrons. The van der Waals surface area contributed by atoms with Crippen LogP contribution in [0.4, 0.5) is 18.3 Å². The van der Waals surface area contributed by atoms with Crippen molar-refractivity contribution in [2.75, 3.05) is 37.7 Å². The fourth-order valence-electron chi connectivity index (χ4n) is 3.32. The summed E-state index contributed by atoms with van der Waals surface area (Å²) >= 11 is 1.30. The number of amides is 1. The van der Waals surface area contributed by atoms with Crippen LogP contribution < -0.4 is 14.4 Å². The van der Waals surface area contributed by atoms with Crippen molar-refractivity contribution in [2.45, 2.75) is 13.3 Å². The minimum Gasteiger partial charge on any atom is -0.484 e. The molecule has 1 fully saturated rings. The number of fused-ring (bicyclic) bond motifs is 1. The molecule has 1 aliphatic heterocycles. The van der Waals surface area contributed by atoms with Gasteiger partial charge in [-0.25, -0.2) is 4.98 Å². The van der Waals surface area contributed by atoms with E-state index in [2.05, 4.69) is 9.72 Å². The van der Waals surface area contributed by atoms with Crippen molar-refractivity contribution in [1.82, 2.24) is 9.88 Å². The first-order valence-corrected chi connectivity index (χ1v) is 10.5. The monoisotopic (exact) mass is 451 g/mol. The number of nitrogens with zero attached hydrogens (tertiary/aromatic N) is 3. The van der Waals surface area contributed by atoms with E-state index >= 15 is 0 Å². The molecule has 0 aliphatic carbocycles. The van der Waals surface area contributed by atoms with Crippen LogP contribution in [-0.4, -0.2) is 54.9 Å². The highest BCUT2D eigenvalue weighted by atomic mass is 32.1. The Balaban J connectivity index is 1.34. The SMILES string of the molecule is Cc1ccccc1OCC(=O)N1CCN(c2nc3ccc(OC(F)(F)F)cc3s2)CC1. The zero-order valence-corrected chi connectivity index (χ0v) is 17.5. The summed E-state index contributed by atoms with van der Waals surface area (Å²) in [6.45, 7) is 4.12. The summed E-state index contributed by atoms with van der Waals surface area (Å²) in [5, 5.41) is 0.711. The summed E-state index contributed by atoms with van der Waals surface area (Å²) in [7, 11) is 0. The predicted molar refractivity (Wildman–Crippen MR) is 112 cm³/mol. The Bertz CT molecular complexity index is 1080. The van der Waals surface area contributed by atoms with Gasteiger partial charge in [-0.3, -0.25) is 4.79 Å². The second-order valence-corrected chi connectivity index (χ2v) is 8.10. The van der Waals surface area contributed by atoms with Gasteiger partial charge in [-0.1, -0.05) is 29.5 Å². The number of thiazole rings is 1. The van der Waals surface area contributed by atoms with Crippen molar-refractivity contribution in [3.8, 4) is 11.5 Å². The molecule has 1 saturated heterocycles. The molecule has 0 unspecified atom stereocenters. The van der Waals surface area contributed by atoms with Gasteiger partial charge in [-0.2, -0.15) is 0 Å². The molecule has 0 spiro atoms. The van der Waals surface area contributed by atoms with E-state index in [4.69, 9.17) is 4.74 Å². The van der Waals surface area contributed by atoms with Gasteiger partial charge < -0.3 is 19.3 Å². The number of alkyl halides is 3. The van der Waals surface area contributed by atoms with Crippen molar-refractivity contribution in [1.29, 1.82) is 0 Å². The number of anilines is 1. The summed E-state index contributed by atoms with van der Waals surface area (Å²) in [6.07, 6.45) is -4.73. The van der Waals surface area contributed by atoms with Gasteiger partial charge in [-0.05, 0) is 30.7 Å². The number of aryl methyl sites for hydroxylation is 1. The Labute approximate surface area is 180 Å². The van der Waals surface area contributed by atoms with Crippen LogP contribution in [0.3, 0.4) is 0 Å². The van der Waals surface area contributed by atoms with Crippen LogP contribution in [0.5, 0.6) is 11.5 Å². The van der Waals surface area contributed by atoms with Crippen LogP contribution >= 0.6 is 11.3 Å². The first-order chi connectivity index (χ1) is 14.8. The second kappa shape index (κ2) is 8.62. The molecule has 0 N–H and O–H groups in total. The maximum absolute atomic E-state index is 12.5. The fourth-order valence-corrected chi connectivity index (χ4v) is 4.37. The molecule has 0 bridgehead atoms. The van der Waals surface area contributed by atoms with E-state index in [1.165, 1.54) is 29.5 Å². The lowest BCUT2D eigenvalue weighted by atomic mass is 10.2. The van der Waals surface area contributed by atoms with E-state index < -0.39 is 6.36 Å². The standard InChI is InChI=1S/C21H20F3N3O3S/c1-14-4-2-3-5-17(14)29-13-19(28)26-8-10-27(11-9-26)20-25-16-7-6-15(12-18(16)31-20)30-21(22,23)24/h2-7,12H,8-11,13H2,1H3. The number of halogens is 3. The first kappa shape index (κ1) is 21.2. The molecule has 164 valence electrons. The zero-order valence-electron chi connectivity index (χ0n) is 16.7. The van der Waals surface area contributed by atoms with Crippen LogP contribution in [0.2, 0.25) is 0 Å². The van der Waals surface area contributed by atoms with Gasteiger partial charge in [0.1, 0.15) is 11.5 Å². The Kier molecular flexibility index (Phi) is 5.90. The molecule has 31 heavy (non-hydrogen) atoms. The molecule has 2 aromatic carbocycles. The van der Waals surface area contributed by atoms with Gasteiger partial charge in [0.25, 0.3) is 5.91 Å². The Morgan fingerprint density at radius 3 is 2.58 bits per heavy atom. The molecule has 1 aromatic heterocycles. The number of benzene rings is 2. The molecule has 2 heterocycles. The van der Waals surface area contributed by atoms with E-state index in [-0.39, 0.29) is 18.3 Å². The molecule has 0 atom stereocenters. The third-order valence-corrected chi connectivity index (χ3v) is 6.01. The molecule has 3 aromatic rings. The minimum absolute atomic E-state index is 0.0199. The first-order valence-electron chi connectivity index (χ1n) is 9.66. The number of rotatable bonds is 5. The molecule has 10 heteroatoms. The van der Waals surface area contributed by atoms with E-state index in [1.807, 2.05) is 36.1 Å². The number of hydrogen-bond acceptors (Lipinski definition) is 6. The molecule has 1 amide bonds. The molecule has 1 aliphatic rings. The summed E-state index contributed by atoms with van der Waals surface area (Å²) in [5.74, 6) is 0.346. The number of hydrogen-bond donors (Lipinski definition) is 0. The predicted octanol–water partition coefficient (Wildman–Crippen LogP) is 4.23. The molecular weight excluding hydrogens is 431 g/mol. The number of aromatic nitrogens is 1. The summed E-state index contributed by atoms with van der Waals surface area (Å²) in [6, 6.07) is 11.6. The maximum Gasteiger partial charge on any atom is 0.573 e. The third-order valence-electron chi connectivity index (χ3n) is 4.93. The van der Waals surface area contributed by atoms with E-state index in [0.717, 1.165) is 5.56 Å². The average Bonchev–Trinajstić information content (AvgIpc) is 3.15. The van der Waals surface area contributed by atoms with Gasteiger partial charge in [-0.15, -0.1) is 13.2 Å². The minimum atomic E-state index is -4.73. The number of carbonyl (C=O) groups is 1. The van der Waals surface area contributed by atoms with Crippen LogP contribution in [0.25, 0.3) is 10.2 Å². The highest BCUT2D eigenvalue weighted by Gasteiger charge is 2.31.